The maximum absolute atomic E-state index is 11.8. The molecule has 0 aliphatic heterocycles. The average Bonchev–Trinajstić information content (AvgIpc) is 2.52. The van der Waals surface area contributed by atoms with E-state index < -0.39 is 0 Å². The Kier molecular flexibility index (Phi) is 7.31. The van der Waals surface area contributed by atoms with Gasteiger partial charge in [-0.1, -0.05) is 18.2 Å². The van der Waals surface area contributed by atoms with Gasteiger partial charge >= 0.3 is 5.97 Å². The van der Waals surface area contributed by atoms with Crippen molar-refractivity contribution in [1.29, 1.82) is 0 Å². The first kappa shape index (κ1) is 17.0. The van der Waals surface area contributed by atoms with Gasteiger partial charge in [-0.15, -0.1) is 11.8 Å². The van der Waals surface area contributed by atoms with Crippen LogP contribution in [0.15, 0.2) is 30.3 Å². The van der Waals surface area contributed by atoms with Crippen LogP contribution in [0.25, 0.3) is 0 Å². The summed E-state index contributed by atoms with van der Waals surface area (Å²) in [6, 6.07) is 8.57. The molecule has 0 saturated carbocycles. The zero-order chi connectivity index (χ0) is 15.7. The third-order valence-electron chi connectivity index (χ3n) is 2.61. The number of hydrazine groups is 1. The van der Waals surface area contributed by atoms with Crippen molar-refractivity contribution in [3.05, 3.63) is 35.9 Å². The smallest absolute Gasteiger partial charge is 0.306 e. The standard InChI is InChI=1S/C14H18N2O4S/c1-10(21-9-8-12(17)20-2)13(18)15-16-14(19)11-6-4-3-5-7-11/h3-7,10H,8-9H2,1-2H3,(H,15,18)(H,16,19)/t10-/m0/s1. The lowest BCUT2D eigenvalue weighted by Crippen LogP contribution is -2.45. The molecule has 0 heterocycles. The molecule has 0 fully saturated rings. The van der Waals surface area contributed by atoms with Crippen LogP contribution in [0.4, 0.5) is 0 Å². The van der Waals surface area contributed by atoms with Crippen molar-refractivity contribution in [1.82, 2.24) is 10.9 Å². The van der Waals surface area contributed by atoms with Crippen LogP contribution >= 0.6 is 11.8 Å². The first-order valence-corrected chi connectivity index (χ1v) is 7.43. The number of methoxy groups -OCH3 is 1. The van der Waals surface area contributed by atoms with E-state index in [1.807, 2.05) is 0 Å². The minimum Gasteiger partial charge on any atom is -0.469 e. The molecule has 0 radical (unpaired) electrons. The van der Waals surface area contributed by atoms with E-state index in [4.69, 9.17) is 0 Å². The number of ether oxygens (including phenoxy) is 1. The molecule has 1 rings (SSSR count). The fourth-order valence-corrected chi connectivity index (χ4v) is 2.23. The summed E-state index contributed by atoms with van der Waals surface area (Å²) in [6.07, 6.45) is 0.245. The van der Waals surface area contributed by atoms with Gasteiger partial charge in [0.15, 0.2) is 0 Å². The lowest BCUT2D eigenvalue weighted by atomic mass is 10.2. The Hall–Kier alpha value is -2.02. The van der Waals surface area contributed by atoms with Gasteiger partial charge in [-0.25, -0.2) is 0 Å². The Morgan fingerprint density at radius 3 is 2.48 bits per heavy atom. The summed E-state index contributed by atoms with van der Waals surface area (Å²) in [5, 5.41) is -0.384. The molecule has 2 amide bonds. The predicted molar refractivity (Wildman–Crippen MR) is 80.6 cm³/mol. The number of hydrogen-bond donors (Lipinski definition) is 2. The molecular formula is C14H18N2O4S. The molecule has 0 aliphatic carbocycles. The maximum atomic E-state index is 11.8. The van der Waals surface area contributed by atoms with Gasteiger partial charge in [0.2, 0.25) is 0 Å². The van der Waals surface area contributed by atoms with Crippen LogP contribution in [-0.4, -0.2) is 35.9 Å². The van der Waals surface area contributed by atoms with Crippen molar-refractivity contribution in [2.24, 2.45) is 0 Å². The van der Waals surface area contributed by atoms with E-state index in [2.05, 4.69) is 15.6 Å². The lowest BCUT2D eigenvalue weighted by molar-refractivity contribution is -0.140. The molecule has 21 heavy (non-hydrogen) atoms. The highest BCUT2D eigenvalue weighted by Gasteiger charge is 2.15. The normalized spacial score (nSPS) is 11.3. The molecule has 0 spiro atoms. The number of esters is 1. The highest BCUT2D eigenvalue weighted by atomic mass is 32.2. The summed E-state index contributed by atoms with van der Waals surface area (Å²) >= 11 is 1.31. The molecule has 1 atom stereocenters. The van der Waals surface area contributed by atoms with Crippen molar-refractivity contribution in [3.63, 3.8) is 0 Å². The van der Waals surface area contributed by atoms with Crippen LogP contribution in [0.2, 0.25) is 0 Å². The largest absolute Gasteiger partial charge is 0.469 e. The average molecular weight is 310 g/mol. The number of thioether (sulfide) groups is 1. The van der Waals surface area contributed by atoms with Gasteiger partial charge in [-0.05, 0) is 19.1 Å². The van der Waals surface area contributed by atoms with Crippen LogP contribution in [-0.2, 0) is 14.3 Å². The van der Waals surface area contributed by atoms with Crippen LogP contribution in [0.1, 0.15) is 23.7 Å². The van der Waals surface area contributed by atoms with E-state index in [-0.39, 0.29) is 29.5 Å². The Morgan fingerprint density at radius 1 is 1.19 bits per heavy atom. The lowest BCUT2D eigenvalue weighted by Gasteiger charge is -2.12. The molecule has 0 aliphatic rings. The summed E-state index contributed by atoms with van der Waals surface area (Å²) < 4.78 is 4.51. The Balaban J connectivity index is 2.29. The topological polar surface area (TPSA) is 84.5 Å². The quantitative estimate of drug-likeness (QED) is 0.608. The molecule has 7 heteroatoms. The minimum atomic E-state index is -0.384. The number of rotatable bonds is 6. The molecular weight excluding hydrogens is 292 g/mol. The second kappa shape index (κ2) is 9.02. The second-order valence-electron chi connectivity index (χ2n) is 4.15. The predicted octanol–water partition coefficient (Wildman–Crippen LogP) is 1.13. The summed E-state index contributed by atoms with van der Waals surface area (Å²) in [4.78, 5) is 34.4. The number of nitrogens with one attached hydrogen (secondary N) is 2. The van der Waals surface area contributed by atoms with Gasteiger partial charge in [0.05, 0.1) is 18.8 Å². The van der Waals surface area contributed by atoms with E-state index in [1.54, 1.807) is 37.3 Å². The van der Waals surface area contributed by atoms with Gasteiger partial charge in [0.1, 0.15) is 0 Å². The van der Waals surface area contributed by atoms with Gasteiger partial charge in [-0.2, -0.15) is 0 Å². The van der Waals surface area contributed by atoms with E-state index in [0.717, 1.165) is 0 Å². The van der Waals surface area contributed by atoms with Gasteiger partial charge in [0.25, 0.3) is 11.8 Å². The molecule has 1 aromatic rings. The third kappa shape index (κ3) is 6.31. The summed E-state index contributed by atoms with van der Waals surface area (Å²) in [5.41, 5.74) is 5.17. The highest BCUT2D eigenvalue weighted by Crippen LogP contribution is 2.11. The van der Waals surface area contributed by atoms with Crippen molar-refractivity contribution < 1.29 is 19.1 Å². The fraction of sp³-hybridized carbons (Fsp3) is 0.357. The molecule has 0 saturated heterocycles. The van der Waals surface area contributed by atoms with E-state index in [9.17, 15) is 14.4 Å². The first-order chi connectivity index (χ1) is 10.0. The number of carbonyl (C=O) groups excluding carboxylic acids is 3. The van der Waals surface area contributed by atoms with Crippen LogP contribution in [0.3, 0.4) is 0 Å². The Morgan fingerprint density at radius 2 is 1.86 bits per heavy atom. The number of benzene rings is 1. The van der Waals surface area contributed by atoms with Crippen molar-refractivity contribution in [3.8, 4) is 0 Å². The van der Waals surface area contributed by atoms with Gasteiger partial charge in [0, 0.05) is 11.3 Å². The fourth-order valence-electron chi connectivity index (χ4n) is 1.38. The Bertz CT molecular complexity index is 493. The van der Waals surface area contributed by atoms with Gasteiger partial charge < -0.3 is 4.74 Å². The number of carbonyl (C=O) groups is 3. The molecule has 2 N–H and O–H groups in total. The van der Waals surface area contributed by atoms with E-state index in [0.29, 0.717) is 11.3 Å². The molecule has 0 aromatic heterocycles. The summed E-state index contributed by atoms with van der Waals surface area (Å²) in [7, 11) is 1.32. The SMILES string of the molecule is COC(=O)CCS[C@@H](C)C(=O)NNC(=O)c1ccccc1. The zero-order valence-corrected chi connectivity index (χ0v) is 12.7. The molecule has 1 aromatic carbocycles. The number of hydrogen-bond acceptors (Lipinski definition) is 5. The number of amides is 2. The van der Waals surface area contributed by atoms with Crippen molar-refractivity contribution >= 4 is 29.5 Å². The molecule has 114 valence electrons. The first-order valence-electron chi connectivity index (χ1n) is 6.38. The van der Waals surface area contributed by atoms with Gasteiger partial charge in [-0.3, -0.25) is 25.2 Å². The van der Waals surface area contributed by atoms with Crippen LogP contribution in [0.5, 0.6) is 0 Å². The zero-order valence-electron chi connectivity index (χ0n) is 11.9. The monoisotopic (exact) mass is 310 g/mol. The third-order valence-corrected chi connectivity index (χ3v) is 3.76. The summed E-state index contributed by atoms with van der Waals surface area (Å²) in [6.45, 7) is 1.70. The van der Waals surface area contributed by atoms with Crippen molar-refractivity contribution in [2.45, 2.75) is 18.6 Å². The van der Waals surface area contributed by atoms with E-state index >= 15 is 0 Å². The second-order valence-corrected chi connectivity index (χ2v) is 5.60. The van der Waals surface area contributed by atoms with Crippen LogP contribution < -0.4 is 10.9 Å². The molecule has 0 unspecified atom stereocenters. The van der Waals surface area contributed by atoms with E-state index in [1.165, 1.54) is 18.9 Å². The Labute approximate surface area is 127 Å². The van der Waals surface area contributed by atoms with Crippen molar-refractivity contribution in [2.75, 3.05) is 12.9 Å². The summed E-state index contributed by atoms with van der Waals surface area (Å²) in [5.74, 6) is -0.536. The maximum Gasteiger partial charge on any atom is 0.306 e. The molecule has 0 bridgehead atoms. The minimum absolute atomic E-state index is 0.245. The molecule has 6 nitrogen and oxygen atoms in total. The highest BCUT2D eigenvalue weighted by molar-refractivity contribution is 8.00. The van der Waals surface area contributed by atoms with Crippen LogP contribution in [0, 0.1) is 0 Å².